The Kier molecular flexibility index (Phi) is 5.08. The maximum Gasteiger partial charge on any atom is 0.233 e. The molecule has 1 saturated heterocycles. The van der Waals surface area contributed by atoms with Gasteiger partial charge in [-0.2, -0.15) is 0 Å². The van der Waals surface area contributed by atoms with Gasteiger partial charge >= 0.3 is 0 Å². The predicted molar refractivity (Wildman–Crippen MR) is 62.2 cm³/mol. The lowest BCUT2D eigenvalue weighted by Crippen LogP contribution is -2.42. The fourth-order valence-corrected chi connectivity index (χ4v) is 2.09. The molecule has 0 aromatic carbocycles. The zero-order valence-electron chi connectivity index (χ0n) is 9.85. The molecule has 0 saturated carbocycles. The number of nitrogens with two attached hydrogens (primary N) is 1. The molecule has 1 atom stereocenters. The number of hydrogen-bond acceptors (Lipinski definition) is 3. The van der Waals surface area contributed by atoms with E-state index in [0.717, 1.165) is 25.9 Å². The minimum atomic E-state index is -0.469. The van der Waals surface area contributed by atoms with Crippen molar-refractivity contribution in [2.24, 2.45) is 16.8 Å². The Balaban J connectivity index is 2.65. The Labute approximate surface area is 96.3 Å². The highest BCUT2D eigenvalue weighted by atomic mass is 16.4. The summed E-state index contributed by atoms with van der Waals surface area (Å²) in [5, 5.41) is 11.6. The van der Waals surface area contributed by atoms with Gasteiger partial charge in [-0.15, -0.1) is 0 Å². The van der Waals surface area contributed by atoms with E-state index in [0.29, 0.717) is 6.42 Å². The predicted octanol–water partition coefficient (Wildman–Crippen LogP) is 1.16. The van der Waals surface area contributed by atoms with Crippen molar-refractivity contribution in [3.8, 4) is 0 Å². The average Bonchev–Trinajstić information content (AvgIpc) is 2.58. The van der Waals surface area contributed by atoms with Gasteiger partial charge in [-0.1, -0.05) is 24.9 Å². The van der Waals surface area contributed by atoms with Gasteiger partial charge in [0.15, 0.2) is 5.84 Å². The van der Waals surface area contributed by atoms with Crippen LogP contribution in [0.15, 0.2) is 5.16 Å². The first-order chi connectivity index (χ1) is 7.70. The minimum absolute atomic E-state index is 0.000278. The van der Waals surface area contributed by atoms with E-state index < -0.39 is 5.92 Å². The third kappa shape index (κ3) is 3.12. The second-order valence-corrected chi connectivity index (χ2v) is 4.23. The SMILES string of the molecule is CCC(C(=O)N1CCCCCC1)C(N)=NO. The van der Waals surface area contributed by atoms with Crippen molar-refractivity contribution in [1.29, 1.82) is 0 Å². The van der Waals surface area contributed by atoms with Gasteiger partial charge in [0.1, 0.15) is 0 Å². The van der Waals surface area contributed by atoms with E-state index in [-0.39, 0.29) is 11.7 Å². The number of rotatable bonds is 3. The number of nitrogens with zero attached hydrogens (tertiary/aromatic N) is 2. The van der Waals surface area contributed by atoms with Gasteiger partial charge in [0.25, 0.3) is 0 Å². The average molecular weight is 227 g/mol. The van der Waals surface area contributed by atoms with Gasteiger partial charge in [0.05, 0.1) is 5.92 Å². The number of amides is 1. The van der Waals surface area contributed by atoms with Crippen LogP contribution in [0.25, 0.3) is 0 Å². The van der Waals surface area contributed by atoms with Gasteiger partial charge in [-0.05, 0) is 19.3 Å². The molecule has 1 fully saturated rings. The molecule has 1 aliphatic heterocycles. The summed E-state index contributed by atoms with van der Waals surface area (Å²) in [5.41, 5.74) is 5.53. The number of hydrogen-bond donors (Lipinski definition) is 2. The molecule has 0 aromatic rings. The summed E-state index contributed by atoms with van der Waals surface area (Å²) >= 11 is 0. The fourth-order valence-electron chi connectivity index (χ4n) is 2.09. The van der Waals surface area contributed by atoms with Crippen LogP contribution >= 0.6 is 0 Å². The second-order valence-electron chi connectivity index (χ2n) is 4.23. The van der Waals surface area contributed by atoms with E-state index in [1.165, 1.54) is 12.8 Å². The summed E-state index contributed by atoms with van der Waals surface area (Å²) < 4.78 is 0. The molecule has 0 spiro atoms. The quantitative estimate of drug-likeness (QED) is 0.329. The van der Waals surface area contributed by atoms with Crippen molar-refractivity contribution in [1.82, 2.24) is 4.90 Å². The summed E-state index contributed by atoms with van der Waals surface area (Å²) in [7, 11) is 0. The molecule has 0 aliphatic carbocycles. The number of carbonyl (C=O) groups excluding carboxylic acids is 1. The van der Waals surface area contributed by atoms with Crippen molar-refractivity contribution < 1.29 is 10.0 Å². The summed E-state index contributed by atoms with van der Waals surface area (Å²) in [4.78, 5) is 14.0. The zero-order valence-corrected chi connectivity index (χ0v) is 9.85. The monoisotopic (exact) mass is 227 g/mol. The fraction of sp³-hybridized carbons (Fsp3) is 0.818. The highest BCUT2D eigenvalue weighted by molar-refractivity contribution is 6.02. The molecular weight excluding hydrogens is 206 g/mol. The minimum Gasteiger partial charge on any atom is -0.409 e. The summed E-state index contributed by atoms with van der Waals surface area (Å²) in [6.07, 6.45) is 5.05. The van der Waals surface area contributed by atoms with E-state index in [4.69, 9.17) is 10.9 Å². The maximum absolute atomic E-state index is 12.1. The molecule has 0 radical (unpaired) electrons. The third-order valence-corrected chi connectivity index (χ3v) is 3.10. The van der Waals surface area contributed by atoms with E-state index >= 15 is 0 Å². The summed E-state index contributed by atoms with van der Waals surface area (Å²) in [6, 6.07) is 0. The van der Waals surface area contributed by atoms with Gasteiger partial charge in [-0.3, -0.25) is 4.79 Å². The molecule has 1 heterocycles. The van der Waals surface area contributed by atoms with Crippen molar-refractivity contribution in [2.45, 2.75) is 39.0 Å². The van der Waals surface area contributed by atoms with E-state index in [2.05, 4.69) is 5.16 Å². The van der Waals surface area contributed by atoms with Gasteiger partial charge in [0, 0.05) is 13.1 Å². The lowest BCUT2D eigenvalue weighted by molar-refractivity contribution is -0.133. The first-order valence-electron chi connectivity index (χ1n) is 5.97. The number of oxime groups is 1. The van der Waals surface area contributed by atoms with Crippen molar-refractivity contribution >= 4 is 11.7 Å². The summed E-state index contributed by atoms with van der Waals surface area (Å²) in [6.45, 7) is 3.47. The molecule has 5 nitrogen and oxygen atoms in total. The molecule has 0 bridgehead atoms. The van der Waals surface area contributed by atoms with Gasteiger partial charge < -0.3 is 15.8 Å². The molecular formula is C11H21N3O2. The first kappa shape index (κ1) is 12.8. The van der Waals surface area contributed by atoms with Crippen LogP contribution in [0.5, 0.6) is 0 Å². The molecule has 1 amide bonds. The van der Waals surface area contributed by atoms with Crippen LogP contribution in [0, 0.1) is 5.92 Å². The Hall–Kier alpha value is -1.26. The molecule has 3 N–H and O–H groups in total. The van der Waals surface area contributed by atoms with Gasteiger partial charge in [-0.25, -0.2) is 0 Å². The second kappa shape index (κ2) is 6.35. The Morgan fingerprint density at radius 1 is 1.38 bits per heavy atom. The lowest BCUT2D eigenvalue weighted by Gasteiger charge is -2.24. The van der Waals surface area contributed by atoms with Gasteiger partial charge in [0.2, 0.25) is 5.91 Å². The van der Waals surface area contributed by atoms with Crippen LogP contribution in [-0.2, 0) is 4.79 Å². The van der Waals surface area contributed by atoms with Crippen LogP contribution in [0.3, 0.4) is 0 Å². The van der Waals surface area contributed by atoms with Crippen LogP contribution in [-0.4, -0.2) is 34.9 Å². The largest absolute Gasteiger partial charge is 0.409 e. The molecule has 0 aromatic heterocycles. The van der Waals surface area contributed by atoms with Crippen LogP contribution < -0.4 is 5.73 Å². The number of amidine groups is 1. The topological polar surface area (TPSA) is 78.9 Å². The zero-order chi connectivity index (χ0) is 12.0. The standard InChI is InChI=1S/C11H21N3O2/c1-2-9(10(12)13-16)11(15)14-7-5-3-4-6-8-14/h9,16H,2-8H2,1H3,(H2,12,13). The normalized spacial score (nSPS) is 20.3. The third-order valence-electron chi connectivity index (χ3n) is 3.10. The van der Waals surface area contributed by atoms with Crippen molar-refractivity contribution in [3.63, 3.8) is 0 Å². The number of likely N-dealkylation sites (tertiary alicyclic amines) is 1. The first-order valence-corrected chi connectivity index (χ1v) is 5.97. The van der Waals surface area contributed by atoms with Crippen LogP contribution in [0.2, 0.25) is 0 Å². The van der Waals surface area contributed by atoms with Crippen molar-refractivity contribution in [3.05, 3.63) is 0 Å². The number of carbonyl (C=O) groups is 1. The highest BCUT2D eigenvalue weighted by Gasteiger charge is 2.26. The lowest BCUT2D eigenvalue weighted by atomic mass is 10.0. The Bertz CT molecular complexity index is 258. The van der Waals surface area contributed by atoms with E-state index in [1.54, 1.807) is 0 Å². The van der Waals surface area contributed by atoms with Crippen molar-refractivity contribution in [2.75, 3.05) is 13.1 Å². The molecule has 1 unspecified atom stereocenters. The Morgan fingerprint density at radius 3 is 2.38 bits per heavy atom. The van der Waals surface area contributed by atoms with Crippen LogP contribution in [0.4, 0.5) is 0 Å². The van der Waals surface area contributed by atoms with E-state index in [1.807, 2.05) is 11.8 Å². The molecule has 5 heteroatoms. The molecule has 16 heavy (non-hydrogen) atoms. The summed E-state index contributed by atoms with van der Waals surface area (Å²) in [5.74, 6) is -0.445. The molecule has 1 rings (SSSR count). The molecule has 1 aliphatic rings. The van der Waals surface area contributed by atoms with Crippen LogP contribution in [0.1, 0.15) is 39.0 Å². The smallest absolute Gasteiger partial charge is 0.233 e. The highest BCUT2D eigenvalue weighted by Crippen LogP contribution is 2.14. The molecule has 92 valence electrons. The van der Waals surface area contributed by atoms with E-state index in [9.17, 15) is 4.79 Å². The maximum atomic E-state index is 12.1. The Morgan fingerprint density at radius 2 is 1.94 bits per heavy atom.